The van der Waals surface area contributed by atoms with E-state index < -0.39 is 10.0 Å². The minimum atomic E-state index is -3.50. The van der Waals surface area contributed by atoms with E-state index in [2.05, 4.69) is 12.2 Å². The molecule has 168 valence electrons. The van der Waals surface area contributed by atoms with Crippen LogP contribution in [0.5, 0.6) is 5.75 Å². The van der Waals surface area contributed by atoms with Crippen molar-refractivity contribution in [3.05, 3.63) is 54.1 Å². The average Bonchev–Trinajstić information content (AvgIpc) is 2.78. The first-order chi connectivity index (χ1) is 14.9. The van der Waals surface area contributed by atoms with Crippen LogP contribution in [0.2, 0.25) is 0 Å². The molecule has 0 unspecified atom stereocenters. The van der Waals surface area contributed by atoms with Gasteiger partial charge in [-0.1, -0.05) is 6.92 Å². The van der Waals surface area contributed by atoms with E-state index >= 15 is 0 Å². The van der Waals surface area contributed by atoms with Crippen LogP contribution >= 0.6 is 0 Å². The fraction of sp³-hybridized carbons (Fsp3) is 0.435. The van der Waals surface area contributed by atoms with Crippen LogP contribution in [-0.2, 0) is 14.8 Å². The summed E-state index contributed by atoms with van der Waals surface area (Å²) in [6.07, 6.45) is 1.76. The number of anilines is 1. The van der Waals surface area contributed by atoms with Crippen LogP contribution in [0.4, 0.5) is 5.69 Å². The molecule has 0 aliphatic carbocycles. The molecule has 0 atom stereocenters. The highest BCUT2D eigenvalue weighted by Gasteiger charge is 2.27. The minimum absolute atomic E-state index is 0.244. The van der Waals surface area contributed by atoms with Gasteiger partial charge in [-0.05, 0) is 74.2 Å². The molecule has 1 aliphatic heterocycles. The molecular formula is C23H30N2O5S. The van der Waals surface area contributed by atoms with Gasteiger partial charge in [0.05, 0.1) is 11.5 Å². The molecule has 0 radical (unpaired) electrons. The number of nitrogens with one attached hydrogen (secondary N) is 1. The van der Waals surface area contributed by atoms with Gasteiger partial charge < -0.3 is 14.8 Å². The van der Waals surface area contributed by atoms with Gasteiger partial charge in [0.2, 0.25) is 10.0 Å². The third kappa shape index (κ3) is 6.29. The molecule has 3 rings (SSSR count). The molecule has 7 nitrogen and oxygen atoms in total. The van der Waals surface area contributed by atoms with E-state index in [4.69, 9.17) is 9.47 Å². The second-order valence-corrected chi connectivity index (χ2v) is 9.57. The van der Waals surface area contributed by atoms with E-state index in [0.717, 1.165) is 12.8 Å². The van der Waals surface area contributed by atoms with Gasteiger partial charge in [-0.25, -0.2) is 8.42 Å². The summed E-state index contributed by atoms with van der Waals surface area (Å²) in [6, 6.07) is 13.1. The molecular weight excluding hydrogens is 416 g/mol. The van der Waals surface area contributed by atoms with Gasteiger partial charge in [-0.2, -0.15) is 4.31 Å². The number of ether oxygens (including phenoxy) is 2. The van der Waals surface area contributed by atoms with Crippen molar-refractivity contribution < 1.29 is 22.7 Å². The lowest BCUT2D eigenvalue weighted by Crippen LogP contribution is -2.37. The Kier molecular flexibility index (Phi) is 8.06. The van der Waals surface area contributed by atoms with Crippen molar-refractivity contribution in [3.8, 4) is 5.75 Å². The number of sulfonamides is 1. The van der Waals surface area contributed by atoms with Gasteiger partial charge in [-0.15, -0.1) is 0 Å². The maximum Gasteiger partial charge on any atom is 0.255 e. The summed E-state index contributed by atoms with van der Waals surface area (Å²) < 4.78 is 37.9. The predicted octanol–water partition coefficient (Wildman–Crippen LogP) is 3.77. The fourth-order valence-corrected chi connectivity index (χ4v) is 4.82. The zero-order chi connectivity index (χ0) is 22.3. The van der Waals surface area contributed by atoms with E-state index in [1.165, 1.54) is 12.1 Å². The van der Waals surface area contributed by atoms with E-state index in [9.17, 15) is 13.2 Å². The highest BCUT2D eigenvalue weighted by Crippen LogP contribution is 2.24. The maximum atomic E-state index is 12.8. The van der Waals surface area contributed by atoms with Crippen LogP contribution in [0.3, 0.4) is 0 Å². The van der Waals surface area contributed by atoms with Gasteiger partial charge in [0.25, 0.3) is 5.91 Å². The number of hydrogen-bond donors (Lipinski definition) is 1. The lowest BCUT2D eigenvalue weighted by Gasteiger charge is -2.29. The quantitative estimate of drug-likeness (QED) is 0.593. The Morgan fingerprint density at radius 3 is 2.29 bits per heavy atom. The van der Waals surface area contributed by atoms with E-state index in [-0.39, 0.29) is 10.8 Å². The predicted molar refractivity (Wildman–Crippen MR) is 120 cm³/mol. The third-order valence-corrected chi connectivity index (χ3v) is 7.22. The van der Waals surface area contributed by atoms with E-state index in [1.54, 1.807) is 40.7 Å². The molecule has 8 heteroatoms. The van der Waals surface area contributed by atoms with E-state index in [0.29, 0.717) is 55.8 Å². The van der Waals surface area contributed by atoms with Crippen LogP contribution in [0.1, 0.15) is 37.0 Å². The highest BCUT2D eigenvalue weighted by atomic mass is 32.2. The molecule has 0 bridgehead atoms. The molecule has 1 saturated heterocycles. The summed E-state index contributed by atoms with van der Waals surface area (Å²) in [4.78, 5) is 12.7. The molecule has 1 amide bonds. The van der Waals surface area contributed by atoms with Crippen molar-refractivity contribution in [3.63, 3.8) is 0 Å². The summed E-state index contributed by atoms with van der Waals surface area (Å²) in [5, 5.41) is 2.79. The van der Waals surface area contributed by atoms with Crippen LogP contribution in [0.15, 0.2) is 53.4 Å². The van der Waals surface area contributed by atoms with Crippen molar-refractivity contribution in [1.29, 1.82) is 0 Å². The van der Waals surface area contributed by atoms with Crippen molar-refractivity contribution in [1.82, 2.24) is 4.31 Å². The summed E-state index contributed by atoms with van der Waals surface area (Å²) in [5.41, 5.74) is 1.02. The fourth-order valence-electron chi connectivity index (χ4n) is 3.35. The van der Waals surface area contributed by atoms with Gasteiger partial charge in [-0.3, -0.25) is 4.79 Å². The Morgan fingerprint density at radius 1 is 1.03 bits per heavy atom. The summed E-state index contributed by atoms with van der Waals surface area (Å²) in [6.45, 7) is 6.78. The Morgan fingerprint density at radius 2 is 1.68 bits per heavy atom. The molecule has 2 aromatic rings. The number of piperidine rings is 1. The van der Waals surface area contributed by atoms with Gasteiger partial charge in [0, 0.05) is 30.9 Å². The summed E-state index contributed by atoms with van der Waals surface area (Å²) in [7, 11) is -3.50. The molecule has 1 N–H and O–H groups in total. The Hall–Kier alpha value is -2.42. The monoisotopic (exact) mass is 446 g/mol. The second-order valence-electron chi connectivity index (χ2n) is 7.63. The average molecular weight is 447 g/mol. The number of benzene rings is 2. The number of nitrogens with zero attached hydrogens (tertiary/aromatic N) is 1. The van der Waals surface area contributed by atoms with Crippen molar-refractivity contribution >= 4 is 21.6 Å². The normalized spacial score (nSPS) is 15.5. The molecule has 0 saturated carbocycles. The first-order valence-electron chi connectivity index (χ1n) is 10.6. The number of rotatable bonds is 9. The standard InChI is InChI=1S/C23H30N2O5S/c1-3-29-16-17-30-21-8-4-19(5-9-21)23(26)24-20-6-10-22(11-7-20)31(27,28)25-14-12-18(2)13-15-25/h4-11,18H,3,12-17H2,1-2H3,(H,24,26). The molecule has 1 fully saturated rings. The first kappa shape index (κ1) is 23.2. The molecule has 31 heavy (non-hydrogen) atoms. The Balaban J connectivity index is 1.57. The van der Waals surface area contributed by atoms with E-state index in [1.807, 2.05) is 6.92 Å². The lowest BCUT2D eigenvalue weighted by atomic mass is 10.0. The molecule has 2 aromatic carbocycles. The van der Waals surface area contributed by atoms with Crippen LogP contribution < -0.4 is 10.1 Å². The first-order valence-corrected chi connectivity index (χ1v) is 12.1. The zero-order valence-corrected chi connectivity index (χ0v) is 18.9. The molecule has 0 spiro atoms. The molecule has 1 aliphatic rings. The Bertz CT molecular complexity index is 950. The zero-order valence-electron chi connectivity index (χ0n) is 18.0. The third-order valence-electron chi connectivity index (χ3n) is 5.31. The van der Waals surface area contributed by atoms with Crippen LogP contribution in [0, 0.1) is 5.92 Å². The molecule has 1 heterocycles. The number of carbonyl (C=O) groups is 1. The number of carbonyl (C=O) groups excluding carboxylic acids is 1. The van der Waals surface area contributed by atoms with Crippen LogP contribution in [-0.4, -0.2) is 51.5 Å². The highest BCUT2D eigenvalue weighted by molar-refractivity contribution is 7.89. The minimum Gasteiger partial charge on any atom is -0.491 e. The van der Waals surface area contributed by atoms with Crippen LogP contribution in [0.25, 0.3) is 0 Å². The van der Waals surface area contributed by atoms with Gasteiger partial charge in [0.15, 0.2) is 0 Å². The topological polar surface area (TPSA) is 84.9 Å². The smallest absolute Gasteiger partial charge is 0.255 e. The molecule has 0 aromatic heterocycles. The Labute approximate surface area is 184 Å². The van der Waals surface area contributed by atoms with Crippen molar-refractivity contribution in [2.45, 2.75) is 31.6 Å². The van der Waals surface area contributed by atoms with Crippen molar-refractivity contribution in [2.24, 2.45) is 5.92 Å². The number of hydrogen-bond acceptors (Lipinski definition) is 5. The SMILES string of the molecule is CCOCCOc1ccc(C(=O)Nc2ccc(S(=O)(=O)N3CCC(C)CC3)cc2)cc1. The largest absolute Gasteiger partial charge is 0.491 e. The maximum absolute atomic E-state index is 12.8. The van der Waals surface area contributed by atoms with Crippen molar-refractivity contribution in [2.75, 3.05) is 38.2 Å². The number of amides is 1. The summed E-state index contributed by atoms with van der Waals surface area (Å²) >= 11 is 0. The lowest BCUT2D eigenvalue weighted by molar-refractivity contribution is 0.102. The second kappa shape index (κ2) is 10.7. The summed E-state index contributed by atoms with van der Waals surface area (Å²) in [5.74, 6) is 0.944. The van der Waals surface area contributed by atoms with Gasteiger partial charge in [0.1, 0.15) is 12.4 Å². The van der Waals surface area contributed by atoms with Gasteiger partial charge >= 0.3 is 0 Å².